The molecular formula is C18H23N3O. The molecule has 0 amide bonds. The van der Waals surface area contributed by atoms with Crippen LogP contribution in [0, 0.1) is 0 Å². The monoisotopic (exact) mass is 297 g/mol. The fourth-order valence-electron chi connectivity index (χ4n) is 3.96. The van der Waals surface area contributed by atoms with Crippen molar-refractivity contribution in [1.82, 2.24) is 9.88 Å². The molecule has 4 nitrogen and oxygen atoms in total. The summed E-state index contributed by atoms with van der Waals surface area (Å²) in [6.07, 6.45) is 3.98. The summed E-state index contributed by atoms with van der Waals surface area (Å²) in [5, 5.41) is 1.14. The number of anilines is 1. The van der Waals surface area contributed by atoms with E-state index in [1.165, 1.54) is 19.3 Å². The molecule has 2 atom stereocenters. The van der Waals surface area contributed by atoms with Gasteiger partial charge in [0.2, 0.25) is 0 Å². The van der Waals surface area contributed by atoms with Crippen molar-refractivity contribution in [3.05, 3.63) is 30.3 Å². The van der Waals surface area contributed by atoms with Gasteiger partial charge in [-0.15, -0.1) is 0 Å². The number of likely N-dealkylation sites (N-methyl/N-ethyl adjacent to an activating group) is 1. The Balaban J connectivity index is 1.69. The van der Waals surface area contributed by atoms with Gasteiger partial charge in [0.05, 0.1) is 7.11 Å². The molecule has 0 saturated carbocycles. The Labute approximate surface area is 131 Å². The van der Waals surface area contributed by atoms with Crippen molar-refractivity contribution in [2.75, 3.05) is 32.1 Å². The number of nitrogens with zero attached hydrogens (tertiary/aromatic N) is 3. The maximum Gasteiger partial charge on any atom is 0.145 e. The van der Waals surface area contributed by atoms with E-state index in [4.69, 9.17) is 9.72 Å². The van der Waals surface area contributed by atoms with Crippen molar-refractivity contribution < 1.29 is 4.74 Å². The number of piperidine rings is 1. The van der Waals surface area contributed by atoms with Gasteiger partial charge in [0.25, 0.3) is 0 Å². The molecule has 0 radical (unpaired) electrons. The minimum absolute atomic E-state index is 0.669. The van der Waals surface area contributed by atoms with E-state index in [2.05, 4.69) is 35.0 Å². The lowest BCUT2D eigenvalue weighted by Crippen LogP contribution is -2.59. The molecule has 22 heavy (non-hydrogen) atoms. The van der Waals surface area contributed by atoms with E-state index in [9.17, 15) is 0 Å². The molecule has 1 aromatic carbocycles. The van der Waals surface area contributed by atoms with Gasteiger partial charge in [0.15, 0.2) is 0 Å². The van der Waals surface area contributed by atoms with Crippen LogP contribution in [-0.4, -0.2) is 49.2 Å². The zero-order chi connectivity index (χ0) is 15.1. The van der Waals surface area contributed by atoms with Crippen LogP contribution in [0.2, 0.25) is 0 Å². The average molecular weight is 297 g/mol. The van der Waals surface area contributed by atoms with Gasteiger partial charge in [-0.3, -0.25) is 4.90 Å². The molecule has 0 spiro atoms. The van der Waals surface area contributed by atoms with Gasteiger partial charge in [0, 0.05) is 30.6 Å². The van der Waals surface area contributed by atoms with Gasteiger partial charge >= 0.3 is 0 Å². The predicted octanol–water partition coefficient (Wildman–Crippen LogP) is 2.92. The molecule has 2 saturated heterocycles. The molecule has 2 aliphatic rings. The number of piperazine rings is 1. The van der Waals surface area contributed by atoms with Crippen LogP contribution in [0.25, 0.3) is 10.9 Å². The quantitative estimate of drug-likeness (QED) is 0.852. The topological polar surface area (TPSA) is 28.6 Å². The van der Waals surface area contributed by atoms with Crippen molar-refractivity contribution in [2.45, 2.75) is 31.3 Å². The van der Waals surface area contributed by atoms with E-state index in [-0.39, 0.29) is 0 Å². The lowest BCUT2D eigenvalue weighted by atomic mass is 9.92. The summed E-state index contributed by atoms with van der Waals surface area (Å²) in [5.74, 6) is 1.94. The van der Waals surface area contributed by atoms with Crippen LogP contribution in [0.3, 0.4) is 0 Å². The third-order valence-corrected chi connectivity index (χ3v) is 5.30. The van der Waals surface area contributed by atoms with Crippen molar-refractivity contribution >= 4 is 16.7 Å². The fourth-order valence-corrected chi connectivity index (χ4v) is 3.96. The Bertz CT molecular complexity index is 673. The van der Waals surface area contributed by atoms with Gasteiger partial charge in [0.1, 0.15) is 17.1 Å². The molecule has 2 aromatic rings. The van der Waals surface area contributed by atoms with Crippen LogP contribution in [0.15, 0.2) is 30.3 Å². The summed E-state index contributed by atoms with van der Waals surface area (Å²) >= 11 is 0. The average Bonchev–Trinajstić information content (AvgIpc) is 2.53. The fraction of sp³-hybridized carbons (Fsp3) is 0.500. The lowest BCUT2D eigenvalue weighted by molar-refractivity contribution is 0.0947. The third-order valence-electron chi connectivity index (χ3n) is 5.30. The van der Waals surface area contributed by atoms with Crippen LogP contribution in [0.4, 0.5) is 5.82 Å². The number of ether oxygens (including phenoxy) is 1. The first-order valence-electron chi connectivity index (χ1n) is 8.17. The molecule has 4 heteroatoms. The third kappa shape index (κ3) is 2.22. The molecule has 2 aliphatic heterocycles. The molecule has 0 N–H and O–H groups in total. The van der Waals surface area contributed by atoms with Crippen molar-refractivity contribution in [3.8, 4) is 5.75 Å². The predicted molar refractivity (Wildman–Crippen MR) is 89.7 cm³/mol. The molecule has 2 bridgehead atoms. The number of pyridine rings is 1. The first-order chi connectivity index (χ1) is 10.8. The molecule has 2 fully saturated rings. The lowest BCUT2D eigenvalue weighted by Gasteiger charge is -2.48. The first kappa shape index (κ1) is 13.8. The highest BCUT2D eigenvalue weighted by Crippen LogP contribution is 2.31. The van der Waals surface area contributed by atoms with Crippen LogP contribution in [0.5, 0.6) is 5.75 Å². The number of benzene rings is 1. The van der Waals surface area contributed by atoms with Crippen LogP contribution in [-0.2, 0) is 0 Å². The summed E-state index contributed by atoms with van der Waals surface area (Å²) in [4.78, 5) is 9.93. The van der Waals surface area contributed by atoms with Gasteiger partial charge in [-0.1, -0.05) is 18.6 Å². The zero-order valence-corrected chi connectivity index (χ0v) is 13.3. The number of aromatic nitrogens is 1. The molecule has 3 heterocycles. The Morgan fingerprint density at radius 2 is 1.86 bits per heavy atom. The highest BCUT2D eigenvalue weighted by molar-refractivity contribution is 5.86. The normalized spacial score (nSPS) is 25.5. The minimum atomic E-state index is 0.669. The van der Waals surface area contributed by atoms with E-state index in [0.717, 1.165) is 35.6 Å². The summed E-state index contributed by atoms with van der Waals surface area (Å²) in [6.45, 7) is 2.17. The van der Waals surface area contributed by atoms with Crippen LogP contribution in [0.1, 0.15) is 19.3 Å². The Morgan fingerprint density at radius 1 is 1.09 bits per heavy atom. The molecule has 116 valence electrons. The standard InChI is InChI=1S/C18H23N3O/c1-20-14-6-4-7-15(20)12-21(11-14)17-10-9-13-5-3-8-16(22-2)18(13)19-17/h3,5,8-10,14-15H,4,6-7,11-12H2,1-2H3. The SMILES string of the molecule is COc1cccc2ccc(N3CC4CCCC(C3)N4C)nc12. The number of fused-ring (bicyclic) bond motifs is 3. The van der Waals surface area contributed by atoms with Crippen molar-refractivity contribution in [1.29, 1.82) is 0 Å². The van der Waals surface area contributed by atoms with E-state index >= 15 is 0 Å². The summed E-state index contributed by atoms with van der Waals surface area (Å²) in [7, 11) is 3.99. The summed E-state index contributed by atoms with van der Waals surface area (Å²) in [6, 6.07) is 11.7. The van der Waals surface area contributed by atoms with Gasteiger partial charge in [-0.2, -0.15) is 0 Å². The molecular weight excluding hydrogens is 274 g/mol. The summed E-state index contributed by atoms with van der Waals surface area (Å²) in [5.41, 5.74) is 0.964. The second kappa shape index (κ2) is 5.43. The molecule has 2 unspecified atom stereocenters. The molecule has 0 aliphatic carbocycles. The number of hydrogen-bond acceptors (Lipinski definition) is 4. The number of methoxy groups -OCH3 is 1. The molecule has 4 rings (SSSR count). The largest absolute Gasteiger partial charge is 0.494 e. The second-order valence-corrected chi connectivity index (χ2v) is 6.51. The van der Waals surface area contributed by atoms with Gasteiger partial charge in [-0.25, -0.2) is 4.98 Å². The maximum absolute atomic E-state index is 5.47. The number of hydrogen-bond donors (Lipinski definition) is 0. The zero-order valence-electron chi connectivity index (χ0n) is 13.3. The van der Waals surface area contributed by atoms with E-state index < -0.39 is 0 Å². The highest BCUT2D eigenvalue weighted by atomic mass is 16.5. The van der Waals surface area contributed by atoms with Crippen molar-refractivity contribution in [3.63, 3.8) is 0 Å². The Kier molecular flexibility index (Phi) is 3.41. The second-order valence-electron chi connectivity index (χ2n) is 6.51. The summed E-state index contributed by atoms with van der Waals surface area (Å²) < 4.78 is 5.47. The Morgan fingerprint density at radius 3 is 2.59 bits per heavy atom. The first-order valence-corrected chi connectivity index (χ1v) is 8.17. The number of rotatable bonds is 2. The van der Waals surface area contributed by atoms with E-state index in [1.807, 2.05) is 12.1 Å². The van der Waals surface area contributed by atoms with E-state index in [0.29, 0.717) is 12.1 Å². The smallest absolute Gasteiger partial charge is 0.145 e. The van der Waals surface area contributed by atoms with Crippen LogP contribution >= 0.6 is 0 Å². The van der Waals surface area contributed by atoms with Gasteiger partial charge < -0.3 is 9.64 Å². The van der Waals surface area contributed by atoms with E-state index in [1.54, 1.807) is 7.11 Å². The van der Waals surface area contributed by atoms with Crippen LogP contribution < -0.4 is 9.64 Å². The van der Waals surface area contributed by atoms with Crippen molar-refractivity contribution in [2.24, 2.45) is 0 Å². The highest BCUT2D eigenvalue weighted by Gasteiger charge is 2.35. The minimum Gasteiger partial charge on any atom is -0.494 e. The van der Waals surface area contributed by atoms with Gasteiger partial charge in [-0.05, 0) is 38.1 Å². The maximum atomic E-state index is 5.47. The molecule has 1 aromatic heterocycles. The Hall–Kier alpha value is -1.81. The number of para-hydroxylation sites is 1.